The van der Waals surface area contributed by atoms with Gasteiger partial charge in [0.1, 0.15) is 5.75 Å². The van der Waals surface area contributed by atoms with Crippen LogP contribution in [-0.4, -0.2) is 25.1 Å². The fourth-order valence-corrected chi connectivity index (χ4v) is 2.26. The lowest BCUT2D eigenvalue weighted by Crippen LogP contribution is -2.29. The first-order valence-corrected chi connectivity index (χ1v) is 8.30. The van der Waals surface area contributed by atoms with E-state index in [0.717, 1.165) is 16.7 Å². The summed E-state index contributed by atoms with van der Waals surface area (Å²) in [5, 5.41) is 2.72. The number of aryl methyl sites for hydroxylation is 2. The maximum Gasteiger partial charge on any atom is 0.331 e. The van der Waals surface area contributed by atoms with Crippen molar-refractivity contribution in [1.29, 1.82) is 0 Å². The van der Waals surface area contributed by atoms with Gasteiger partial charge in [-0.05, 0) is 50.1 Å². The molecule has 2 aromatic carbocycles. The largest absolute Gasteiger partial charge is 0.495 e. The highest BCUT2D eigenvalue weighted by Crippen LogP contribution is 2.25. The Kier molecular flexibility index (Phi) is 6.55. The first kappa shape index (κ1) is 19.2. The molecular formula is C21H23NO4. The Labute approximate surface area is 153 Å². The molecule has 0 radical (unpaired) electrons. The van der Waals surface area contributed by atoms with E-state index in [-0.39, 0.29) is 0 Å². The molecule has 0 aromatic heterocycles. The summed E-state index contributed by atoms with van der Waals surface area (Å²) in [6.07, 6.45) is 2.02. The number of rotatable bonds is 6. The Balaban J connectivity index is 1.95. The van der Waals surface area contributed by atoms with Gasteiger partial charge in [-0.15, -0.1) is 0 Å². The smallest absolute Gasteiger partial charge is 0.331 e. The number of hydrogen-bond donors (Lipinski definition) is 1. The number of carbonyl (C=O) groups excluding carboxylic acids is 2. The van der Waals surface area contributed by atoms with Crippen LogP contribution in [-0.2, 0) is 14.3 Å². The maximum absolute atomic E-state index is 12.3. The number of amides is 1. The zero-order valence-electron chi connectivity index (χ0n) is 15.4. The molecular weight excluding hydrogens is 330 g/mol. The summed E-state index contributed by atoms with van der Waals surface area (Å²) in [5.41, 5.74) is 3.54. The lowest BCUT2D eigenvalue weighted by atomic mass is 10.1. The molecule has 2 aromatic rings. The molecule has 0 spiro atoms. The minimum absolute atomic E-state index is 0.425. The SMILES string of the molecule is COc1ccc(C)cc1NC(=O)[C@H](C)OC(=O)/C=C/c1ccc(C)cc1. The monoisotopic (exact) mass is 353 g/mol. The van der Waals surface area contributed by atoms with Gasteiger partial charge in [0.15, 0.2) is 6.10 Å². The lowest BCUT2D eigenvalue weighted by Gasteiger charge is -2.15. The van der Waals surface area contributed by atoms with Gasteiger partial charge in [-0.3, -0.25) is 4.79 Å². The van der Waals surface area contributed by atoms with Crippen molar-refractivity contribution in [3.05, 3.63) is 65.2 Å². The van der Waals surface area contributed by atoms with Gasteiger partial charge < -0.3 is 14.8 Å². The zero-order chi connectivity index (χ0) is 19.1. The van der Waals surface area contributed by atoms with Crippen LogP contribution < -0.4 is 10.1 Å². The predicted molar refractivity (Wildman–Crippen MR) is 102 cm³/mol. The van der Waals surface area contributed by atoms with Crippen LogP contribution in [0.2, 0.25) is 0 Å². The number of ether oxygens (including phenoxy) is 2. The number of nitrogens with one attached hydrogen (secondary N) is 1. The van der Waals surface area contributed by atoms with E-state index in [2.05, 4.69) is 5.32 Å². The van der Waals surface area contributed by atoms with E-state index in [1.165, 1.54) is 20.1 Å². The van der Waals surface area contributed by atoms with Gasteiger partial charge in [0.2, 0.25) is 0 Å². The third-order valence-electron chi connectivity index (χ3n) is 3.76. The molecule has 0 saturated carbocycles. The number of methoxy groups -OCH3 is 1. The summed E-state index contributed by atoms with van der Waals surface area (Å²) >= 11 is 0. The molecule has 0 aliphatic rings. The molecule has 0 bridgehead atoms. The molecule has 1 amide bonds. The van der Waals surface area contributed by atoms with Crippen molar-refractivity contribution in [2.75, 3.05) is 12.4 Å². The Bertz CT molecular complexity index is 809. The third kappa shape index (κ3) is 5.48. The molecule has 0 unspecified atom stereocenters. The van der Waals surface area contributed by atoms with Crippen LogP contribution in [0, 0.1) is 13.8 Å². The first-order valence-electron chi connectivity index (χ1n) is 8.30. The number of benzene rings is 2. The maximum atomic E-state index is 12.3. The van der Waals surface area contributed by atoms with E-state index < -0.39 is 18.0 Å². The van der Waals surface area contributed by atoms with Gasteiger partial charge in [0, 0.05) is 6.08 Å². The second-order valence-corrected chi connectivity index (χ2v) is 6.02. The topological polar surface area (TPSA) is 64.6 Å². The average molecular weight is 353 g/mol. The van der Waals surface area contributed by atoms with E-state index >= 15 is 0 Å². The van der Waals surface area contributed by atoms with E-state index in [9.17, 15) is 9.59 Å². The summed E-state index contributed by atoms with van der Waals surface area (Å²) in [6.45, 7) is 5.43. The number of hydrogen-bond acceptors (Lipinski definition) is 4. The van der Waals surface area contributed by atoms with Crippen LogP contribution in [0.1, 0.15) is 23.6 Å². The summed E-state index contributed by atoms with van der Waals surface area (Å²) in [4.78, 5) is 24.2. The van der Waals surface area contributed by atoms with E-state index in [4.69, 9.17) is 9.47 Å². The molecule has 0 saturated heterocycles. The van der Waals surface area contributed by atoms with Gasteiger partial charge in [0.25, 0.3) is 5.91 Å². The van der Waals surface area contributed by atoms with E-state index in [0.29, 0.717) is 11.4 Å². The predicted octanol–water partition coefficient (Wildman–Crippen LogP) is 3.90. The molecule has 5 nitrogen and oxygen atoms in total. The van der Waals surface area contributed by atoms with Crippen LogP contribution in [0.3, 0.4) is 0 Å². The van der Waals surface area contributed by atoms with Crippen LogP contribution in [0.4, 0.5) is 5.69 Å². The van der Waals surface area contributed by atoms with E-state index in [1.807, 2.05) is 44.2 Å². The second-order valence-electron chi connectivity index (χ2n) is 6.02. The lowest BCUT2D eigenvalue weighted by molar-refractivity contribution is -0.148. The molecule has 5 heteroatoms. The van der Waals surface area contributed by atoms with Gasteiger partial charge >= 0.3 is 5.97 Å². The van der Waals surface area contributed by atoms with Gasteiger partial charge in [0.05, 0.1) is 12.8 Å². The van der Waals surface area contributed by atoms with Crippen LogP contribution in [0.5, 0.6) is 5.75 Å². The molecule has 1 atom stereocenters. The standard InChI is InChI=1S/C21H23NO4/c1-14-5-8-17(9-6-14)10-12-20(23)26-16(3)21(24)22-18-13-15(2)7-11-19(18)25-4/h5-13,16H,1-4H3,(H,22,24)/b12-10+/t16-/m0/s1. The highest BCUT2D eigenvalue weighted by molar-refractivity contribution is 5.97. The summed E-state index contributed by atoms with van der Waals surface area (Å²) < 4.78 is 10.4. The Morgan fingerprint density at radius 2 is 1.69 bits per heavy atom. The van der Waals surface area contributed by atoms with Crippen molar-refractivity contribution in [2.24, 2.45) is 0 Å². The van der Waals surface area contributed by atoms with Crippen molar-refractivity contribution in [3.63, 3.8) is 0 Å². The molecule has 0 heterocycles. The molecule has 1 N–H and O–H groups in total. The van der Waals surface area contributed by atoms with Gasteiger partial charge in [-0.2, -0.15) is 0 Å². The molecule has 0 fully saturated rings. The highest BCUT2D eigenvalue weighted by Gasteiger charge is 2.18. The molecule has 136 valence electrons. The quantitative estimate of drug-likeness (QED) is 0.632. The number of carbonyl (C=O) groups is 2. The average Bonchev–Trinajstić information content (AvgIpc) is 2.61. The van der Waals surface area contributed by atoms with Crippen LogP contribution >= 0.6 is 0 Å². The molecule has 0 aliphatic carbocycles. The Hall–Kier alpha value is -3.08. The second kappa shape index (κ2) is 8.85. The minimum atomic E-state index is -0.935. The fourth-order valence-electron chi connectivity index (χ4n) is 2.26. The van der Waals surface area contributed by atoms with Crippen molar-refractivity contribution in [1.82, 2.24) is 0 Å². The normalized spacial score (nSPS) is 11.8. The fraction of sp³-hybridized carbons (Fsp3) is 0.238. The van der Waals surface area contributed by atoms with Crippen molar-refractivity contribution < 1.29 is 19.1 Å². The van der Waals surface area contributed by atoms with Gasteiger partial charge in [-0.25, -0.2) is 4.79 Å². The molecule has 26 heavy (non-hydrogen) atoms. The number of anilines is 1. The summed E-state index contributed by atoms with van der Waals surface area (Å²) in [7, 11) is 1.53. The van der Waals surface area contributed by atoms with Crippen molar-refractivity contribution >= 4 is 23.6 Å². The third-order valence-corrected chi connectivity index (χ3v) is 3.76. The van der Waals surface area contributed by atoms with Gasteiger partial charge in [-0.1, -0.05) is 35.9 Å². The minimum Gasteiger partial charge on any atom is -0.495 e. The zero-order valence-corrected chi connectivity index (χ0v) is 15.4. The molecule has 0 aliphatic heterocycles. The highest BCUT2D eigenvalue weighted by atomic mass is 16.5. The van der Waals surface area contributed by atoms with Crippen LogP contribution in [0.15, 0.2) is 48.5 Å². The number of esters is 1. The Morgan fingerprint density at radius 3 is 2.35 bits per heavy atom. The summed E-state index contributed by atoms with van der Waals surface area (Å²) in [6, 6.07) is 13.2. The van der Waals surface area contributed by atoms with E-state index in [1.54, 1.807) is 18.2 Å². The summed E-state index contributed by atoms with van der Waals surface area (Å²) in [5.74, 6) is -0.461. The first-order chi connectivity index (χ1) is 12.4. The van der Waals surface area contributed by atoms with Crippen molar-refractivity contribution in [2.45, 2.75) is 26.9 Å². The van der Waals surface area contributed by atoms with Crippen LogP contribution in [0.25, 0.3) is 6.08 Å². The molecule has 2 rings (SSSR count). The van der Waals surface area contributed by atoms with Crippen molar-refractivity contribution in [3.8, 4) is 5.75 Å². The Morgan fingerprint density at radius 1 is 1.04 bits per heavy atom.